The van der Waals surface area contributed by atoms with Crippen LogP contribution < -0.4 is 9.47 Å². The van der Waals surface area contributed by atoms with Crippen molar-refractivity contribution >= 4 is 11.2 Å². The lowest BCUT2D eigenvalue weighted by atomic mass is 9.90. The first kappa shape index (κ1) is 16.9. The minimum Gasteiger partial charge on any atom is -0.616 e. The zero-order valence-electron chi connectivity index (χ0n) is 14.0. The lowest BCUT2D eigenvalue weighted by molar-refractivity contribution is -0.00619. The van der Waals surface area contributed by atoms with Crippen LogP contribution >= 0.6 is 0 Å². The van der Waals surface area contributed by atoms with Crippen LogP contribution in [0.25, 0.3) is 0 Å². The maximum atomic E-state index is 12.1. The fourth-order valence-corrected chi connectivity index (χ4v) is 5.23. The van der Waals surface area contributed by atoms with Gasteiger partial charge in [-0.25, -0.2) is 0 Å². The Morgan fingerprint density at radius 2 is 1.91 bits per heavy atom. The Morgan fingerprint density at radius 1 is 1.13 bits per heavy atom. The van der Waals surface area contributed by atoms with E-state index in [0.29, 0.717) is 5.75 Å². The van der Waals surface area contributed by atoms with Crippen LogP contribution in [-0.4, -0.2) is 36.4 Å². The highest BCUT2D eigenvalue weighted by Crippen LogP contribution is 2.40. The fraction of sp³-hybridized carbons (Fsp3) is 0.667. The number of methoxy groups -OCH3 is 2. The van der Waals surface area contributed by atoms with E-state index >= 15 is 0 Å². The van der Waals surface area contributed by atoms with Crippen molar-refractivity contribution in [3.63, 3.8) is 0 Å². The van der Waals surface area contributed by atoms with Gasteiger partial charge in [0.15, 0.2) is 11.5 Å². The van der Waals surface area contributed by atoms with Gasteiger partial charge in [0.25, 0.3) is 0 Å². The van der Waals surface area contributed by atoms with E-state index in [2.05, 4.69) is 0 Å². The molecule has 1 aromatic carbocycles. The quantitative estimate of drug-likeness (QED) is 0.772. The van der Waals surface area contributed by atoms with Crippen molar-refractivity contribution in [2.45, 2.75) is 50.2 Å². The molecule has 0 N–H and O–H groups in total. The van der Waals surface area contributed by atoms with Gasteiger partial charge >= 0.3 is 0 Å². The summed E-state index contributed by atoms with van der Waals surface area (Å²) >= 11 is -0.825. The normalized spacial score (nSPS) is 28.7. The van der Waals surface area contributed by atoms with E-state index in [0.717, 1.165) is 48.5 Å². The van der Waals surface area contributed by atoms with Crippen LogP contribution in [-0.2, 0) is 21.5 Å². The number of benzene rings is 1. The van der Waals surface area contributed by atoms with Crippen molar-refractivity contribution in [2.24, 2.45) is 0 Å². The predicted octanol–water partition coefficient (Wildman–Crippen LogP) is 3.40. The van der Waals surface area contributed by atoms with E-state index in [4.69, 9.17) is 14.2 Å². The van der Waals surface area contributed by atoms with Gasteiger partial charge < -0.3 is 18.8 Å². The average Bonchev–Trinajstić information content (AvgIpc) is 3.07. The molecule has 2 atom stereocenters. The van der Waals surface area contributed by atoms with Crippen molar-refractivity contribution in [3.8, 4) is 11.5 Å². The first-order chi connectivity index (χ1) is 11.2. The molecule has 4 nitrogen and oxygen atoms in total. The van der Waals surface area contributed by atoms with Gasteiger partial charge in [0, 0.05) is 7.11 Å². The molecule has 1 saturated heterocycles. The summed E-state index contributed by atoms with van der Waals surface area (Å²) < 4.78 is 29.6. The van der Waals surface area contributed by atoms with Crippen LogP contribution in [0.2, 0.25) is 0 Å². The number of hydrogen-bond acceptors (Lipinski definition) is 4. The summed E-state index contributed by atoms with van der Waals surface area (Å²) in [7, 11) is 3.38. The molecule has 1 aromatic rings. The summed E-state index contributed by atoms with van der Waals surface area (Å²) in [6.45, 7) is 0. The third-order valence-corrected chi connectivity index (χ3v) is 6.56. The highest BCUT2D eigenvalue weighted by molar-refractivity contribution is 7.91. The third-order valence-electron chi connectivity index (χ3n) is 5.02. The van der Waals surface area contributed by atoms with Crippen LogP contribution in [0.1, 0.15) is 44.1 Å². The summed E-state index contributed by atoms with van der Waals surface area (Å²) in [6.07, 6.45) is 6.76. The Labute approximate surface area is 141 Å². The Hall–Kier alpha value is -0.910. The van der Waals surface area contributed by atoms with Crippen molar-refractivity contribution in [3.05, 3.63) is 23.8 Å². The lowest BCUT2D eigenvalue weighted by Gasteiger charge is -2.37. The minimum absolute atomic E-state index is 0.276. The van der Waals surface area contributed by atoms with E-state index in [1.54, 1.807) is 14.2 Å². The van der Waals surface area contributed by atoms with Gasteiger partial charge in [0.05, 0.1) is 13.2 Å². The van der Waals surface area contributed by atoms with Gasteiger partial charge in [-0.3, -0.25) is 0 Å². The molecule has 0 amide bonds. The summed E-state index contributed by atoms with van der Waals surface area (Å²) in [5, 5.41) is 0. The SMILES string of the molecule is COc1ccc(C2(OC)CCC[S+]([O-])C2)cc1OC1CCCC1. The molecule has 1 heterocycles. The van der Waals surface area contributed by atoms with Crippen molar-refractivity contribution in [1.29, 1.82) is 0 Å². The monoisotopic (exact) mass is 338 g/mol. The highest BCUT2D eigenvalue weighted by atomic mass is 32.2. The van der Waals surface area contributed by atoms with Crippen LogP contribution in [0.5, 0.6) is 11.5 Å². The maximum Gasteiger partial charge on any atom is 0.161 e. The Kier molecular flexibility index (Phi) is 5.39. The molecule has 3 rings (SSSR count). The van der Waals surface area contributed by atoms with E-state index in [1.165, 1.54) is 12.8 Å². The molecule has 1 aliphatic heterocycles. The van der Waals surface area contributed by atoms with E-state index < -0.39 is 16.8 Å². The van der Waals surface area contributed by atoms with Crippen LogP contribution in [0.15, 0.2) is 18.2 Å². The zero-order valence-corrected chi connectivity index (χ0v) is 14.8. The molecule has 2 unspecified atom stereocenters. The van der Waals surface area contributed by atoms with Gasteiger partial charge in [-0.15, -0.1) is 0 Å². The minimum atomic E-state index is -0.825. The first-order valence-corrected chi connectivity index (χ1v) is 9.91. The van der Waals surface area contributed by atoms with E-state index in [1.807, 2.05) is 18.2 Å². The molecular weight excluding hydrogens is 312 g/mol. The van der Waals surface area contributed by atoms with Crippen LogP contribution in [0.3, 0.4) is 0 Å². The molecule has 128 valence electrons. The van der Waals surface area contributed by atoms with Gasteiger partial charge in [0.1, 0.15) is 17.1 Å². The average molecular weight is 338 g/mol. The van der Waals surface area contributed by atoms with E-state index in [9.17, 15) is 4.55 Å². The van der Waals surface area contributed by atoms with Crippen molar-refractivity contribution in [2.75, 3.05) is 25.7 Å². The second kappa shape index (κ2) is 7.32. The highest BCUT2D eigenvalue weighted by Gasteiger charge is 2.41. The predicted molar refractivity (Wildman–Crippen MR) is 91.7 cm³/mol. The zero-order chi connectivity index (χ0) is 16.3. The largest absolute Gasteiger partial charge is 0.616 e. The summed E-state index contributed by atoms with van der Waals surface area (Å²) in [4.78, 5) is 0. The molecule has 0 spiro atoms. The van der Waals surface area contributed by atoms with Crippen LogP contribution in [0.4, 0.5) is 0 Å². The Balaban J connectivity index is 1.89. The van der Waals surface area contributed by atoms with Gasteiger partial charge in [0.2, 0.25) is 0 Å². The molecule has 5 heteroatoms. The van der Waals surface area contributed by atoms with Crippen LogP contribution in [0, 0.1) is 0 Å². The van der Waals surface area contributed by atoms with Gasteiger partial charge in [-0.05, 0) is 56.2 Å². The molecule has 2 aliphatic rings. The maximum absolute atomic E-state index is 12.1. The molecule has 23 heavy (non-hydrogen) atoms. The summed E-state index contributed by atoms with van der Waals surface area (Å²) in [5.41, 5.74) is 0.574. The lowest BCUT2D eigenvalue weighted by Crippen LogP contribution is -2.41. The molecule has 0 aromatic heterocycles. The number of hydrogen-bond donors (Lipinski definition) is 0. The molecular formula is C18H26O4S. The smallest absolute Gasteiger partial charge is 0.161 e. The second-order valence-electron chi connectivity index (χ2n) is 6.48. The summed E-state index contributed by atoms with van der Waals surface area (Å²) in [6, 6.07) is 5.99. The molecule has 0 bridgehead atoms. The third kappa shape index (κ3) is 3.62. The molecule has 1 saturated carbocycles. The molecule has 1 aliphatic carbocycles. The van der Waals surface area contributed by atoms with Crippen molar-refractivity contribution < 1.29 is 18.8 Å². The fourth-order valence-electron chi connectivity index (χ4n) is 3.67. The Bertz CT molecular complexity index is 530. The van der Waals surface area contributed by atoms with Gasteiger partial charge in [-0.2, -0.15) is 0 Å². The topological polar surface area (TPSA) is 50.8 Å². The Morgan fingerprint density at radius 3 is 2.57 bits per heavy atom. The van der Waals surface area contributed by atoms with Gasteiger partial charge in [-0.1, -0.05) is 17.2 Å². The first-order valence-electron chi connectivity index (χ1n) is 8.42. The number of ether oxygens (including phenoxy) is 3. The standard InChI is InChI=1S/C18H26O4S/c1-20-16-9-8-14(12-17(16)22-15-6-3-4-7-15)18(21-2)10-5-11-23(19)13-18/h8-9,12,15H,3-7,10-11,13H2,1-2H3. The number of rotatable bonds is 5. The molecule has 0 radical (unpaired) electrons. The second-order valence-corrected chi connectivity index (χ2v) is 8.06. The van der Waals surface area contributed by atoms with Crippen molar-refractivity contribution in [1.82, 2.24) is 0 Å². The molecule has 2 fully saturated rings. The van der Waals surface area contributed by atoms with E-state index in [-0.39, 0.29) is 6.10 Å². The summed E-state index contributed by atoms with van der Waals surface area (Å²) in [5.74, 6) is 2.86.